The second-order valence-electron chi connectivity index (χ2n) is 6.26. The van der Waals surface area contributed by atoms with Crippen LogP contribution in [0.5, 0.6) is 0 Å². The van der Waals surface area contributed by atoms with Gasteiger partial charge in [0.1, 0.15) is 0 Å². The van der Waals surface area contributed by atoms with E-state index in [1.54, 1.807) is 4.90 Å². The maximum absolute atomic E-state index is 12.6. The summed E-state index contributed by atoms with van der Waals surface area (Å²) in [6, 6.07) is 3.18. The minimum atomic E-state index is -4.50. The Hall–Kier alpha value is -1.72. The van der Waals surface area contributed by atoms with Gasteiger partial charge in [-0.2, -0.15) is 13.2 Å². The Morgan fingerprint density at radius 1 is 1.24 bits per heavy atom. The van der Waals surface area contributed by atoms with Crippen LogP contribution < -0.4 is 5.73 Å². The van der Waals surface area contributed by atoms with Crippen LogP contribution in [0.2, 0.25) is 0 Å². The Kier molecular flexibility index (Phi) is 3.91. The van der Waals surface area contributed by atoms with Gasteiger partial charge < -0.3 is 10.6 Å². The second kappa shape index (κ2) is 5.24. The number of nitrogen functional groups attached to an aromatic ring is 1. The van der Waals surface area contributed by atoms with Crippen LogP contribution in [0.25, 0.3) is 0 Å². The maximum Gasteiger partial charge on any atom is 0.418 e. The molecule has 1 aromatic carbocycles. The van der Waals surface area contributed by atoms with E-state index in [1.165, 1.54) is 6.07 Å². The number of piperidine rings is 1. The Morgan fingerprint density at radius 2 is 1.81 bits per heavy atom. The molecule has 1 fully saturated rings. The smallest absolute Gasteiger partial charge is 0.398 e. The Bertz CT molecular complexity index is 542. The third-order valence-corrected chi connectivity index (χ3v) is 4.01. The van der Waals surface area contributed by atoms with Crippen molar-refractivity contribution in [3.63, 3.8) is 0 Å². The fraction of sp³-hybridized carbons (Fsp3) is 0.533. The van der Waals surface area contributed by atoms with Gasteiger partial charge in [0.25, 0.3) is 5.91 Å². The predicted octanol–water partition coefficient (Wildman–Crippen LogP) is 3.55. The molecule has 1 aliphatic heterocycles. The van der Waals surface area contributed by atoms with Crippen LogP contribution in [0.1, 0.15) is 42.6 Å². The van der Waals surface area contributed by atoms with Crippen molar-refractivity contribution in [2.45, 2.75) is 32.9 Å². The highest BCUT2D eigenvalue weighted by atomic mass is 19.4. The van der Waals surface area contributed by atoms with Gasteiger partial charge in [-0.05, 0) is 36.5 Å². The molecule has 0 spiro atoms. The fourth-order valence-corrected chi connectivity index (χ4v) is 2.45. The number of halogens is 3. The van der Waals surface area contributed by atoms with Gasteiger partial charge in [-0.3, -0.25) is 4.79 Å². The molecule has 1 aliphatic rings. The molecule has 0 unspecified atom stereocenters. The quantitative estimate of drug-likeness (QED) is 0.806. The summed E-state index contributed by atoms with van der Waals surface area (Å²) >= 11 is 0. The molecule has 0 aliphatic carbocycles. The first-order valence-electron chi connectivity index (χ1n) is 6.86. The second-order valence-corrected chi connectivity index (χ2v) is 6.26. The van der Waals surface area contributed by atoms with Gasteiger partial charge in [0, 0.05) is 24.3 Å². The van der Waals surface area contributed by atoms with Crippen molar-refractivity contribution in [2.75, 3.05) is 18.8 Å². The molecule has 116 valence electrons. The van der Waals surface area contributed by atoms with Gasteiger partial charge in [0.2, 0.25) is 0 Å². The van der Waals surface area contributed by atoms with Crippen LogP contribution in [-0.2, 0) is 6.18 Å². The Balaban J connectivity index is 2.16. The summed E-state index contributed by atoms with van der Waals surface area (Å²) in [6.45, 7) is 5.52. The van der Waals surface area contributed by atoms with E-state index in [-0.39, 0.29) is 16.9 Å². The van der Waals surface area contributed by atoms with Gasteiger partial charge in [-0.25, -0.2) is 0 Å². The Labute approximate surface area is 121 Å². The van der Waals surface area contributed by atoms with Gasteiger partial charge >= 0.3 is 6.18 Å². The zero-order valence-electron chi connectivity index (χ0n) is 12.1. The summed E-state index contributed by atoms with van der Waals surface area (Å²) in [6.07, 6.45) is -2.73. The molecule has 0 bridgehead atoms. The number of likely N-dealkylation sites (tertiary alicyclic amines) is 1. The van der Waals surface area contributed by atoms with Crippen LogP contribution in [0, 0.1) is 5.41 Å². The summed E-state index contributed by atoms with van der Waals surface area (Å²) < 4.78 is 37.9. The zero-order chi connectivity index (χ0) is 15.8. The fourth-order valence-electron chi connectivity index (χ4n) is 2.45. The van der Waals surface area contributed by atoms with Crippen LogP contribution >= 0.6 is 0 Å². The van der Waals surface area contributed by atoms with Crippen LogP contribution in [-0.4, -0.2) is 23.9 Å². The average Bonchev–Trinajstić information content (AvgIpc) is 2.36. The van der Waals surface area contributed by atoms with Gasteiger partial charge in [-0.15, -0.1) is 0 Å². The van der Waals surface area contributed by atoms with Crippen LogP contribution in [0.15, 0.2) is 18.2 Å². The number of anilines is 1. The molecule has 1 saturated heterocycles. The number of hydrogen-bond donors (Lipinski definition) is 1. The van der Waals surface area contributed by atoms with Gasteiger partial charge in [-0.1, -0.05) is 13.8 Å². The third-order valence-electron chi connectivity index (χ3n) is 4.01. The van der Waals surface area contributed by atoms with Gasteiger partial charge in [0.15, 0.2) is 0 Å². The highest BCUT2D eigenvalue weighted by Crippen LogP contribution is 2.34. The predicted molar refractivity (Wildman–Crippen MR) is 74.8 cm³/mol. The van der Waals surface area contributed by atoms with E-state index in [0.717, 1.165) is 25.0 Å². The maximum atomic E-state index is 12.6. The first kappa shape index (κ1) is 15.7. The molecule has 1 amide bonds. The van der Waals surface area contributed by atoms with E-state index in [9.17, 15) is 18.0 Å². The van der Waals surface area contributed by atoms with Crippen molar-refractivity contribution < 1.29 is 18.0 Å². The van der Waals surface area contributed by atoms with E-state index >= 15 is 0 Å². The highest BCUT2D eigenvalue weighted by Gasteiger charge is 2.34. The monoisotopic (exact) mass is 300 g/mol. The zero-order valence-corrected chi connectivity index (χ0v) is 12.1. The molecule has 0 aromatic heterocycles. The lowest BCUT2D eigenvalue weighted by atomic mass is 9.82. The van der Waals surface area contributed by atoms with Gasteiger partial charge in [0.05, 0.1) is 5.56 Å². The molecule has 3 nitrogen and oxygen atoms in total. The molecule has 1 aromatic rings. The summed E-state index contributed by atoms with van der Waals surface area (Å²) in [5.74, 6) is -0.258. The van der Waals surface area contributed by atoms with Crippen molar-refractivity contribution in [1.82, 2.24) is 4.90 Å². The van der Waals surface area contributed by atoms with E-state index in [4.69, 9.17) is 5.73 Å². The third kappa shape index (κ3) is 3.49. The van der Waals surface area contributed by atoms with E-state index in [2.05, 4.69) is 13.8 Å². The lowest BCUT2D eigenvalue weighted by Crippen LogP contribution is -2.41. The Morgan fingerprint density at radius 3 is 2.29 bits per heavy atom. The normalized spacial score (nSPS) is 18.6. The largest absolute Gasteiger partial charge is 0.418 e. The topological polar surface area (TPSA) is 46.3 Å². The standard InChI is InChI=1S/C15H19F3N2O/c1-14(2)5-7-20(8-6-14)13(21)10-3-4-11(12(19)9-10)15(16,17)18/h3-4,9H,5-8,19H2,1-2H3. The van der Waals surface area contributed by atoms with Crippen molar-refractivity contribution in [3.8, 4) is 0 Å². The van der Waals surface area contributed by atoms with Crippen molar-refractivity contribution in [2.24, 2.45) is 5.41 Å². The van der Waals surface area contributed by atoms with Crippen molar-refractivity contribution in [1.29, 1.82) is 0 Å². The van der Waals surface area contributed by atoms with E-state index < -0.39 is 17.4 Å². The minimum Gasteiger partial charge on any atom is -0.398 e. The first-order chi connectivity index (χ1) is 9.60. The number of alkyl halides is 3. The SMILES string of the molecule is CC1(C)CCN(C(=O)c2ccc(C(F)(F)F)c(N)c2)CC1. The van der Waals surface area contributed by atoms with Crippen molar-refractivity contribution >= 4 is 11.6 Å². The average molecular weight is 300 g/mol. The number of nitrogens with zero attached hydrogens (tertiary/aromatic N) is 1. The molecule has 0 saturated carbocycles. The summed E-state index contributed by atoms with van der Waals surface area (Å²) in [5.41, 5.74) is 4.52. The molecule has 0 radical (unpaired) electrons. The van der Waals surface area contributed by atoms with Crippen molar-refractivity contribution in [3.05, 3.63) is 29.3 Å². The lowest BCUT2D eigenvalue weighted by Gasteiger charge is -2.37. The summed E-state index contributed by atoms with van der Waals surface area (Å²) in [5, 5.41) is 0. The molecular weight excluding hydrogens is 281 g/mol. The number of nitrogens with two attached hydrogens (primary N) is 1. The molecule has 2 rings (SSSR count). The number of carbonyl (C=O) groups is 1. The molecule has 2 N–H and O–H groups in total. The first-order valence-corrected chi connectivity index (χ1v) is 6.86. The molecule has 21 heavy (non-hydrogen) atoms. The molecule has 0 atom stereocenters. The van der Waals surface area contributed by atoms with E-state index in [1.807, 2.05) is 0 Å². The molecule has 6 heteroatoms. The van der Waals surface area contributed by atoms with Crippen LogP contribution in [0.4, 0.5) is 18.9 Å². The van der Waals surface area contributed by atoms with E-state index in [0.29, 0.717) is 13.1 Å². The number of hydrogen-bond acceptors (Lipinski definition) is 2. The minimum absolute atomic E-state index is 0.204. The summed E-state index contributed by atoms with van der Waals surface area (Å²) in [7, 11) is 0. The molecular formula is C15H19F3N2O. The lowest BCUT2D eigenvalue weighted by molar-refractivity contribution is -0.136. The summed E-state index contributed by atoms with van der Waals surface area (Å²) in [4.78, 5) is 14.0. The van der Waals surface area contributed by atoms with Crippen LogP contribution in [0.3, 0.4) is 0 Å². The molecule has 1 heterocycles. The number of rotatable bonds is 1. The number of amides is 1. The highest BCUT2D eigenvalue weighted by molar-refractivity contribution is 5.95. The number of carbonyl (C=O) groups excluding carboxylic acids is 1. The number of benzene rings is 1.